The zero-order valence-corrected chi connectivity index (χ0v) is 16.8. The molecule has 0 saturated heterocycles. The predicted octanol–water partition coefficient (Wildman–Crippen LogP) is 4.38. The van der Waals surface area contributed by atoms with Gasteiger partial charge in [-0.3, -0.25) is 0 Å². The van der Waals surface area contributed by atoms with Crippen LogP contribution in [0.4, 0.5) is 0 Å². The molecule has 148 valence electrons. The zero-order chi connectivity index (χ0) is 20.5. The Kier molecular flexibility index (Phi) is 4.99. The summed E-state index contributed by atoms with van der Waals surface area (Å²) in [7, 11) is 1.68. The number of aromatic nitrogens is 3. The lowest BCUT2D eigenvalue weighted by Gasteiger charge is -2.22. The summed E-state index contributed by atoms with van der Waals surface area (Å²) >= 11 is 0. The SMILES string of the molecule is COc1cc(C)c2[nH]ccc2c1C(CC(C)CO)c1nc2ccc(C#N)cc2[nH]1. The number of nitrogens with zero attached hydrogens (tertiary/aromatic N) is 2. The van der Waals surface area contributed by atoms with E-state index in [4.69, 9.17) is 9.72 Å². The van der Waals surface area contributed by atoms with Crippen LogP contribution in [0.25, 0.3) is 21.9 Å². The van der Waals surface area contributed by atoms with E-state index in [1.165, 1.54) is 0 Å². The minimum Gasteiger partial charge on any atom is -0.496 e. The second kappa shape index (κ2) is 7.61. The molecule has 0 radical (unpaired) electrons. The molecule has 2 unspecified atom stereocenters. The molecule has 0 amide bonds. The lowest BCUT2D eigenvalue weighted by Crippen LogP contribution is -2.13. The number of aliphatic hydroxyl groups is 1. The summed E-state index contributed by atoms with van der Waals surface area (Å²) in [6.07, 6.45) is 2.64. The molecule has 0 bridgehead atoms. The van der Waals surface area contributed by atoms with Crippen molar-refractivity contribution in [1.29, 1.82) is 5.26 Å². The van der Waals surface area contributed by atoms with Gasteiger partial charge >= 0.3 is 0 Å². The molecule has 0 saturated carbocycles. The molecule has 4 rings (SSSR count). The smallest absolute Gasteiger partial charge is 0.123 e. The molecule has 0 aliphatic carbocycles. The maximum atomic E-state index is 9.73. The van der Waals surface area contributed by atoms with Gasteiger partial charge < -0.3 is 19.8 Å². The minimum atomic E-state index is -0.0936. The van der Waals surface area contributed by atoms with E-state index in [0.29, 0.717) is 12.0 Å². The normalized spacial score (nSPS) is 13.5. The summed E-state index contributed by atoms with van der Waals surface area (Å²) < 4.78 is 5.77. The first-order chi connectivity index (χ1) is 14.0. The third-order valence-corrected chi connectivity index (χ3v) is 5.52. The van der Waals surface area contributed by atoms with Crippen LogP contribution in [0.1, 0.15) is 41.8 Å². The molecule has 29 heavy (non-hydrogen) atoms. The first-order valence-corrected chi connectivity index (χ1v) is 9.70. The topological polar surface area (TPSA) is 97.7 Å². The maximum Gasteiger partial charge on any atom is 0.123 e. The number of imidazole rings is 1. The van der Waals surface area contributed by atoms with Gasteiger partial charge in [-0.15, -0.1) is 0 Å². The Morgan fingerprint density at radius 2 is 2.10 bits per heavy atom. The van der Waals surface area contributed by atoms with Gasteiger partial charge in [0.2, 0.25) is 0 Å². The molecule has 0 aliphatic heterocycles. The van der Waals surface area contributed by atoms with Gasteiger partial charge in [-0.1, -0.05) is 6.92 Å². The number of methoxy groups -OCH3 is 1. The van der Waals surface area contributed by atoms with E-state index in [9.17, 15) is 10.4 Å². The van der Waals surface area contributed by atoms with Crippen molar-refractivity contribution in [2.75, 3.05) is 13.7 Å². The number of benzene rings is 2. The summed E-state index contributed by atoms with van der Waals surface area (Å²) in [5, 5.41) is 20.0. The van der Waals surface area contributed by atoms with Gasteiger partial charge in [-0.05, 0) is 55.2 Å². The second-order valence-corrected chi connectivity index (χ2v) is 7.62. The molecule has 3 N–H and O–H groups in total. The van der Waals surface area contributed by atoms with Crippen LogP contribution < -0.4 is 4.74 Å². The second-order valence-electron chi connectivity index (χ2n) is 7.62. The van der Waals surface area contributed by atoms with Crippen LogP contribution in [-0.4, -0.2) is 33.8 Å². The highest BCUT2D eigenvalue weighted by atomic mass is 16.5. The number of ether oxygens (including phenoxy) is 1. The van der Waals surface area contributed by atoms with Crippen LogP contribution >= 0.6 is 0 Å². The highest BCUT2D eigenvalue weighted by Gasteiger charge is 2.27. The first-order valence-electron chi connectivity index (χ1n) is 9.70. The van der Waals surface area contributed by atoms with Crippen LogP contribution in [0.15, 0.2) is 36.5 Å². The number of hydrogen-bond donors (Lipinski definition) is 3. The van der Waals surface area contributed by atoms with E-state index < -0.39 is 0 Å². The molecule has 2 heterocycles. The number of aromatic amines is 2. The summed E-state index contributed by atoms with van der Waals surface area (Å²) in [4.78, 5) is 11.6. The van der Waals surface area contributed by atoms with Gasteiger partial charge in [-0.25, -0.2) is 4.98 Å². The Balaban J connectivity index is 1.94. The van der Waals surface area contributed by atoms with Crippen LogP contribution in [0.3, 0.4) is 0 Å². The van der Waals surface area contributed by atoms with Crippen molar-refractivity contribution in [2.45, 2.75) is 26.2 Å². The number of hydrogen-bond acceptors (Lipinski definition) is 4. The van der Waals surface area contributed by atoms with Gasteiger partial charge in [0.15, 0.2) is 0 Å². The maximum absolute atomic E-state index is 9.73. The number of aryl methyl sites for hydroxylation is 1. The average Bonchev–Trinajstić information content (AvgIpc) is 3.38. The predicted molar refractivity (Wildman–Crippen MR) is 113 cm³/mol. The van der Waals surface area contributed by atoms with Crippen LogP contribution in [0.5, 0.6) is 5.75 Å². The number of aliphatic hydroxyl groups excluding tert-OH is 1. The molecule has 2 aromatic carbocycles. The number of nitriles is 1. The van der Waals surface area contributed by atoms with Crippen molar-refractivity contribution in [3.05, 3.63) is 59.0 Å². The molecule has 6 heteroatoms. The third kappa shape index (κ3) is 3.34. The van der Waals surface area contributed by atoms with Crippen molar-refractivity contribution in [2.24, 2.45) is 5.92 Å². The number of fused-ring (bicyclic) bond motifs is 2. The largest absolute Gasteiger partial charge is 0.496 e. The minimum absolute atomic E-state index is 0.0860. The summed E-state index contributed by atoms with van der Waals surface area (Å²) in [6.45, 7) is 4.18. The Morgan fingerprint density at radius 3 is 2.83 bits per heavy atom. The highest BCUT2D eigenvalue weighted by molar-refractivity contribution is 5.89. The van der Waals surface area contributed by atoms with Gasteiger partial charge in [0, 0.05) is 35.2 Å². The Bertz CT molecular complexity index is 1220. The van der Waals surface area contributed by atoms with Crippen molar-refractivity contribution >= 4 is 21.9 Å². The molecular formula is C23H24N4O2. The van der Waals surface area contributed by atoms with Crippen molar-refractivity contribution < 1.29 is 9.84 Å². The van der Waals surface area contributed by atoms with E-state index in [1.54, 1.807) is 13.2 Å². The van der Waals surface area contributed by atoms with Gasteiger partial charge in [0.25, 0.3) is 0 Å². The van der Waals surface area contributed by atoms with E-state index in [0.717, 1.165) is 44.6 Å². The lowest BCUT2D eigenvalue weighted by atomic mass is 9.86. The van der Waals surface area contributed by atoms with Gasteiger partial charge in [-0.2, -0.15) is 5.26 Å². The fourth-order valence-corrected chi connectivity index (χ4v) is 4.03. The summed E-state index contributed by atoms with van der Waals surface area (Å²) in [6, 6.07) is 11.7. The first kappa shape index (κ1) is 19.0. The molecule has 0 fully saturated rings. The molecule has 4 aromatic rings. The van der Waals surface area contributed by atoms with Crippen LogP contribution in [0.2, 0.25) is 0 Å². The standard InChI is InChI=1S/C23H24N4O2/c1-13(12-28)8-17(23-26-18-5-4-15(11-24)10-19(18)27-23)21-16-6-7-25-22(16)14(2)9-20(21)29-3/h4-7,9-10,13,17,25,28H,8,12H2,1-3H3,(H,26,27). The van der Waals surface area contributed by atoms with E-state index in [1.807, 2.05) is 31.3 Å². The molecule has 0 aliphatic rings. The van der Waals surface area contributed by atoms with Gasteiger partial charge in [0.05, 0.1) is 29.8 Å². The van der Waals surface area contributed by atoms with Crippen molar-refractivity contribution in [3.8, 4) is 11.8 Å². The van der Waals surface area contributed by atoms with E-state index in [-0.39, 0.29) is 18.4 Å². The van der Waals surface area contributed by atoms with Crippen LogP contribution in [-0.2, 0) is 0 Å². The van der Waals surface area contributed by atoms with Crippen LogP contribution in [0, 0.1) is 24.2 Å². The third-order valence-electron chi connectivity index (χ3n) is 5.52. The number of nitrogens with one attached hydrogen (secondary N) is 2. The number of H-pyrrole nitrogens is 2. The summed E-state index contributed by atoms with van der Waals surface area (Å²) in [5.41, 5.74) is 5.48. The molecular weight excluding hydrogens is 364 g/mol. The highest BCUT2D eigenvalue weighted by Crippen LogP contribution is 2.41. The molecule has 0 spiro atoms. The van der Waals surface area contributed by atoms with Gasteiger partial charge in [0.1, 0.15) is 11.6 Å². The molecule has 2 atom stereocenters. The van der Waals surface area contributed by atoms with Crippen molar-refractivity contribution in [3.63, 3.8) is 0 Å². The lowest BCUT2D eigenvalue weighted by molar-refractivity contribution is 0.225. The fourth-order valence-electron chi connectivity index (χ4n) is 4.03. The fraction of sp³-hybridized carbons (Fsp3) is 0.304. The quantitative estimate of drug-likeness (QED) is 0.456. The molecule has 2 aromatic heterocycles. The van der Waals surface area contributed by atoms with Crippen molar-refractivity contribution in [1.82, 2.24) is 15.0 Å². The monoisotopic (exact) mass is 388 g/mol. The Hall–Kier alpha value is -3.30. The Morgan fingerprint density at radius 1 is 1.28 bits per heavy atom. The Labute approximate surface area is 169 Å². The number of rotatable bonds is 6. The summed E-state index contributed by atoms with van der Waals surface area (Å²) in [5.74, 6) is 1.61. The van der Waals surface area contributed by atoms with E-state index in [2.05, 4.69) is 29.0 Å². The zero-order valence-electron chi connectivity index (χ0n) is 16.8. The average molecular weight is 388 g/mol. The molecule has 6 nitrogen and oxygen atoms in total. The van der Waals surface area contributed by atoms with E-state index >= 15 is 0 Å².